The van der Waals surface area contributed by atoms with Gasteiger partial charge in [-0.2, -0.15) is 0 Å². The highest BCUT2D eigenvalue weighted by molar-refractivity contribution is 5.75. The van der Waals surface area contributed by atoms with Gasteiger partial charge in [-0.1, -0.05) is 34.6 Å². The molecule has 1 N–H and O–H groups in total. The van der Waals surface area contributed by atoms with Crippen LogP contribution >= 0.6 is 0 Å². The second-order valence-electron chi connectivity index (χ2n) is 6.71. The summed E-state index contributed by atoms with van der Waals surface area (Å²) in [5.74, 6) is -0.139. The second kappa shape index (κ2) is 8.54. The molecule has 4 heteroatoms. The highest BCUT2D eigenvalue weighted by atomic mass is 16.5. The predicted octanol–water partition coefficient (Wildman–Crippen LogP) is 2.28. The van der Waals surface area contributed by atoms with Gasteiger partial charge in [0.1, 0.15) is 6.04 Å². The molecule has 1 atom stereocenters. The fourth-order valence-corrected chi connectivity index (χ4v) is 2.15. The molecule has 0 radical (unpaired) electrons. The van der Waals surface area contributed by atoms with E-state index in [0.29, 0.717) is 6.61 Å². The summed E-state index contributed by atoms with van der Waals surface area (Å²) in [5, 5.41) is 3.28. The number of ether oxygens (including phenoxy) is 1. The molecule has 0 rings (SSSR count). The zero-order chi connectivity index (χ0) is 15.1. The zero-order valence-electron chi connectivity index (χ0n) is 13.7. The van der Waals surface area contributed by atoms with E-state index in [-0.39, 0.29) is 23.5 Å². The quantitative estimate of drug-likeness (QED) is 0.688. The first-order valence-electron chi connectivity index (χ1n) is 7.27. The molecule has 19 heavy (non-hydrogen) atoms. The van der Waals surface area contributed by atoms with Crippen molar-refractivity contribution in [1.82, 2.24) is 10.2 Å². The Morgan fingerprint density at radius 1 is 1.32 bits per heavy atom. The van der Waals surface area contributed by atoms with Gasteiger partial charge < -0.3 is 15.0 Å². The smallest absolute Gasteiger partial charge is 0.323 e. The summed E-state index contributed by atoms with van der Waals surface area (Å²) in [6, 6.07) is 0.0738. The van der Waals surface area contributed by atoms with Crippen LogP contribution in [0.25, 0.3) is 0 Å². The summed E-state index contributed by atoms with van der Waals surface area (Å²) >= 11 is 0. The molecule has 0 saturated carbocycles. The van der Waals surface area contributed by atoms with Gasteiger partial charge in [0, 0.05) is 12.6 Å². The number of rotatable bonds is 8. The van der Waals surface area contributed by atoms with Crippen LogP contribution in [0.2, 0.25) is 0 Å². The Kier molecular flexibility index (Phi) is 8.26. The van der Waals surface area contributed by atoms with Crippen molar-refractivity contribution in [2.45, 2.75) is 60.0 Å². The maximum atomic E-state index is 11.9. The molecular formula is C15H32N2O2. The fraction of sp³-hybridized carbons (Fsp3) is 0.933. The van der Waals surface area contributed by atoms with Crippen LogP contribution in [-0.2, 0) is 9.53 Å². The van der Waals surface area contributed by atoms with E-state index in [0.717, 1.165) is 19.5 Å². The maximum absolute atomic E-state index is 11.9. The van der Waals surface area contributed by atoms with E-state index in [2.05, 4.69) is 38.0 Å². The van der Waals surface area contributed by atoms with Gasteiger partial charge in [-0.3, -0.25) is 4.79 Å². The number of esters is 1. The van der Waals surface area contributed by atoms with Crippen molar-refractivity contribution in [3.8, 4) is 0 Å². The Bertz CT molecular complexity index is 259. The molecule has 0 fully saturated rings. The minimum absolute atomic E-state index is 0.139. The first-order chi connectivity index (χ1) is 8.65. The van der Waals surface area contributed by atoms with Crippen molar-refractivity contribution in [2.24, 2.45) is 5.41 Å². The molecule has 1 unspecified atom stereocenters. The van der Waals surface area contributed by atoms with Gasteiger partial charge in [0.2, 0.25) is 0 Å². The first kappa shape index (κ1) is 18.4. The number of nitrogens with zero attached hydrogens (tertiary/aromatic N) is 1. The van der Waals surface area contributed by atoms with Crippen molar-refractivity contribution < 1.29 is 9.53 Å². The van der Waals surface area contributed by atoms with Gasteiger partial charge in [0.05, 0.1) is 6.61 Å². The average Bonchev–Trinajstić information content (AvgIpc) is 2.21. The lowest BCUT2D eigenvalue weighted by Gasteiger charge is -2.28. The molecule has 0 heterocycles. The third-order valence-electron chi connectivity index (χ3n) is 2.65. The molecule has 0 aromatic heterocycles. The van der Waals surface area contributed by atoms with E-state index < -0.39 is 0 Å². The number of carbonyl (C=O) groups is 1. The van der Waals surface area contributed by atoms with Gasteiger partial charge in [-0.15, -0.1) is 0 Å². The summed E-state index contributed by atoms with van der Waals surface area (Å²) in [4.78, 5) is 14.1. The normalized spacial score (nSPS) is 13.9. The van der Waals surface area contributed by atoms with Crippen molar-refractivity contribution in [3.05, 3.63) is 0 Å². The number of nitrogens with one attached hydrogen (secondary N) is 1. The van der Waals surface area contributed by atoms with Crippen molar-refractivity contribution in [3.63, 3.8) is 0 Å². The van der Waals surface area contributed by atoms with Crippen LogP contribution in [0.3, 0.4) is 0 Å². The van der Waals surface area contributed by atoms with Gasteiger partial charge in [0.15, 0.2) is 0 Å². The van der Waals surface area contributed by atoms with Gasteiger partial charge in [-0.25, -0.2) is 0 Å². The summed E-state index contributed by atoms with van der Waals surface area (Å²) < 4.78 is 5.12. The van der Waals surface area contributed by atoms with Gasteiger partial charge in [-0.05, 0) is 32.4 Å². The summed E-state index contributed by atoms with van der Waals surface area (Å²) in [6.07, 6.45) is 0.781. The van der Waals surface area contributed by atoms with E-state index in [1.807, 2.05) is 20.8 Å². The molecule has 0 aromatic rings. The molecule has 0 amide bonds. The average molecular weight is 272 g/mol. The predicted molar refractivity (Wildman–Crippen MR) is 80.3 cm³/mol. The number of hydrogen-bond donors (Lipinski definition) is 1. The minimum Gasteiger partial charge on any atom is -0.465 e. The van der Waals surface area contributed by atoms with Crippen LogP contribution in [0.4, 0.5) is 0 Å². The van der Waals surface area contributed by atoms with Crippen molar-refractivity contribution in [2.75, 3.05) is 26.7 Å². The zero-order valence-corrected chi connectivity index (χ0v) is 13.7. The summed E-state index contributed by atoms with van der Waals surface area (Å²) in [5.41, 5.74) is 0.277. The monoisotopic (exact) mass is 272 g/mol. The molecule has 0 aromatic carbocycles. The largest absolute Gasteiger partial charge is 0.465 e. The Morgan fingerprint density at radius 3 is 2.32 bits per heavy atom. The third kappa shape index (κ3) is 9.91. The molecule has 0 spiro atoms. The molecule has 0 aliphatic rings. The van der Waals surface area contributed by atoms with E-state index in [9.17, 15) is 4.79 Å². The lowest BCUT2D eigenvalue weighted by molar-refractivity contribution is -0.146. The maximum Gasteiger partial charge on any atom is 0.323 e. The Morgan fingerprint density at radius 2 is 1.89 bits per heavy atom. The summed E-state index contributed by atoms with van der Waals surface area (Å²) in [7, 11) is 2.10. The third-order valence-corrected chi connectivity index (χ3v) is 2.65. The molecule has 0 aliphatic carbocycles. The Labute approximate surface area is 118 Å². The lowest BCUT2D eigenvalue weighted by atomic mass is 9.96. The van der Waals surface area contributed by atoms with Crippen LogP contribution in [-0.4, -0.2) is 49.7 Å². The minimum atomic E-state index is -0.206. The van der Waals surface area contributed by atoms with Crippen LogP contribution in [0, 0.1) is 5.41 Å². The van der Waals surface area contributed by atoms with Crippen LogP contribution in [0.15, 0.2) is 0 Å². The topological polar surface area (TPSA) is 41.6 Å². The SMILES string of the molecule is CCOC(=O)C(CCN(C)CC(C)(C)C)NC(C)C. The van der Waals surface area contributed by atoms with Gasteiger partial charge in [0.25, 0.3) is 0 Å². The highest BCUT2D eigenvalue weighted by Crippen LogP contribution is 2.14. The van der Waals surface area contributed by atoms with Crippen LogP contribution in [0.5, 0.6) is 0 Å². The Balaban J connectivity index is 4.29. The van der Waals surface area contributed by atoms with Crippen LogP contribution < -0.4 is 5.32 Å². The molecule has 0 saturated heterocycles. The van der Waals surface area contributed by atoms with Crippen molar-refractivity contribution >= 4 is 5.97 Å². The number of carbonyl (C=O) groups excluding carboxylic acids is 1. The standard InChI is InChI=1S/C15H32N2O2/c1-8-19-14(18)13(16-12(2)3)9-10-17(7)11-15(4,5)6/h12-13,16H,8-11H2,1-7H3. The first-order valence-corrected chi connectivity index (χ1v) is 7.27. The van der Waals surface area contributed by atoms with E-state index in [4.69, 9.17) is 4.74 Å². The molecule has 4 nitrogen and oxygen atoms in total. The van der Waals surface area contributed by atoms with E-state index in [1.165, 1.54) is 0 Å². The lowest BCUT2D eigenvalue weighted by Crippen LogP contribution is -2.44. The fourth-order valence-electron chi connectivity index (χ4n) is 2.15. The molecule has 114 valence electrons. The second-order valence-corrected chi connectivity index (χ2v) is 6.71. The van der Waals surface area contributed by atoms with E-state index >= 15 is 0 Å². The van der Waals surface area contributed by atoms with Crippen molar-refractivity contribution in [1.29, 1.82) is 0 Å². The Hall–Kier alpha value is -0.610. The molecule has 0 bridgehead atoms. The highest BCUT2D eigenvalue weighted by Gasteiger charge is 2.21. The number of hydrogen-bond acceptors (Lipinski definition) is 4. The molecular weight excluding hydrogens is 240 g/mol. The molecule has 0 aliphatic heterocycles. The van der Waals surface area contributed by atoms with E-state index in [1.54, 1.807) is 0 Å². The van der Waals surface area contributed by atoms with Crippen LogP contribution in [0.1, 0.15) is 48.0 Å². The van der Waals surface area contributed by atoms with Gasteiger partial charge >= 0.3 is 5.97 Å². The summed E-state index contributed by atoms with van der Waals surface area (Å²) in [6.45, 7) is 14.9.